The molecule has 0 spiro atoms. The molecule has 0 saturated heterocycles. The van der Waals surface area contributed by atoms with Crippen LogP contribution in [-0.2, 0) is 6.42 Å². The van der Waals surface area contributed by atoms with Gasteiger partial charge in [0.25, 0.3) is 5.69 Å². The van der Waals surface area contributed by atoms with E-state index in [2.05, 4.69) is 5.32 Å². The molecule has 0 aliphatic carbocycles. The SMILES string of the molecule is CC(Cc1ccc(F)cc1)Nc1c(F)cccc1[N+](=O)[O-]. The lowest BCUT2D eigenvalue weighted by atomic mass is 10.1. The lowest BCUT2D eigenvalue weighted by molar-refractivity contribution is -0.384. The summed E-state index contributed by atoms with van der Waals surface area (Å²) in [5, 5.41) is 13.7. The molecule has 1 unspecified atom stereocenters. The van der Waals surface area contributed by atoms with Crippen LogP contribution in [0.2, 0.25) is 0 Å². The molecule has 1 atom stereocenters. The Kier molecular flexibility index (Phi) is 4.47. The second-order valence-corrected chi connectivity index (χ2v) is 4.77. The Labute approximate surface area is 120 Å². The maximum Gasteiger partial charge on any atom is 0.295 e. The van der Waals surface area contributed by atoms with Crippen molar-refractivity contribution < 1.29 is 13.7 Å². The van der Waals surface area contributed by atoms with Crippen molar-refractivity contribution in [1.29, 1.82) is 0 Å². The lowest BCUT2D eigenvalue weighted by Crippen LogP contribution is -2.19. The zero-order valence-corrected chi connectivity index (χ0v) is 11.3. The van der Waals surface area contributed by atoms with Gasteiger partial charge in [-0.3, -0.25) is 10.1 Å². The van der Waals surface area contributed by atoms with Gasteiger partial charge in [-0.1, -0.05) is 18.2 Å². The smallest absolute Gasteiger partial charge is 0.295 e. The van der Waals surface area contributed by atoms with Crippen molar-refractivity contribution in [3.8, 4) is 0 Å². The number of nitro benzene ring substituents is 1. The highest BCUT2D eigenvalue weighted by atomic mass is 19.1. The first kappa shape index (κ1) is 14.9. The van der Waals surface area contributed by atoms with Crippen molar-refractivity contribution in [2.75, 3.05) is 5.32 Å². The van der Waals surface area contributed by atoms with E-state index in [9.17, 15) is 18.9 Å². The van der Waals surface area contributed by atoms with Crippen molar-refractivity contribution in [2.24, 2.45) is 0 Å². The van der Waals surface area contributed by atoms with Crippen LogP contribution in [0.3, 0.4) is 0 Å². The number of nitro groups is 1. The van der Waals surface area contributed by atoms with E-state index in [-0.39, 0.29) is 23.2 Å². The molecule has 0 aliphatic rings. The first-order chi connectivity index (χ1) is 9.97. The Bertz CT molecular complexity index is 645. The fourth-order valence-electron chi connectivity index (χ4n) is 2.08. The number of nitrogens with one attached hydrogen (secondary N) is 1. The maximum absolute atomic E-state index is 13.7. The normalized spacial score (nSPS) is 12.0. The standard InChI is InChI=1S/C15H14F2N2O2/c1-10(9-11-5-7-12(16)8-6-11)18-15-13(17)3-2-4-14(15)19(20)21/h2-8,10,18H,9H2,1H3. The highest BCUT2D eigenvalue weighted by molar-refractivity contribution is 5.62. The molecule has 0 aliphatic heterocycles. The molecule has 0 aromatic heterocycles. The third-order valence-corrected chi connectivity index (χ3v) is 3.03. The van der Waals surface area contributed by atoms with E-state index in [0.717, 1.165) is 5.56 Å². The van der Waals surface area contributed by atoms with E-state index in [1.165, 1.54) is 30.3 Å². The first-order valence-corrected chi connectivity index (χ1v) is 6.41. The minimum atomic E-state index is -0.671. The molecule has 1 N–H and O–H groups in total. The van der Waals surface area contributed by atoms with Gasteiger partial charge in [0.15, 0.2) is 5.82 Å². The van der Waals surface area contributed by atoms with E-state index in [4.69, 9.17) is 0 Å². The molecule has 0 saturated carbocycles. The van der Waals surface area contributed by atoms with Gasteiger partial charge >= 0.3 is 0 Å². The number of benzene rings is 2. The number of para-hydroxylation sites is 1. The minimum absolute atomic E-state index is 0.128. The maximum atomic E-state index is 13.7. The van der Waals surface area contributed by atoms with Gasteiger partial charge in [0.05, 0.1) is 4.92 Å². The van der Waals surface area contributed by atoms with Gasteiger partial charge in [-0.2, -0.15) is 0 Å². The summed E-state index contributed by atoms with van der Waals surface area (Å²) in [6.07, 6.45) is 0.492. The van der Waals surface area contributed by atoms with Crippen molar-refractivity contribution in [1.82, 2.24) is 0 Å². The van der Waals surface area contributed by atoms with Gasteiger partial charge in [0, 0.05) is 12.1 Å². The average molecular weight is 292 g/mol. The van der Waals surface area contributed by atoms with Crippen molar-refractivity contribution in [3.63, 3.8) is 0 Å². The fourth-order valence-corrected chi connectivity index (χ4v) is 2.08. The summed E-state index contributed by atoms with van der Waals surface area (Å²) >= 11 is 0. The van der Waals surface area contributed by atoms with E-state index in [0.29, 0.717) is 6.42 Å². The van der Waals surface area contributed by atoms with Gasteiger partial charge < -0.3 is 5.32 Å². The van der Waals surface area contributed by atoms with Crippen LogP contribution in [0.4, 0.5) is 20.2 Å². The van der Waals surface area contributed by atoms with Gasteiger partial charge in [-0.05, 0) is 37.1 Å². The minimum Gasteiger partial charge on any atom is -0.374 e. The van der Waals surface area contributed by atoms with Crippen LogP contribution in [0.5, 0.6) is 0 Å². The molecule has 2 aromatic carbocycles. The van der Waals surface area contributed by atoms with Gasteiger partial charge in [-0.15, -0.1) is 0 Å². The third kappa shape index (κ3) is 3.75. The fraction of sp³-hybridized carbons (Fsp3) is 0.200. The van der Waals surface area contributed by atoms with Crippen LogP contribution in [0.25, 0.3) is 0 Å². The van der Waals surface area contributed by atoms with E-state index in [1.807, 2.05) is 0 Å². The van der Waals surface area contributed by atoms with Crippen LogP contribution < -0.4 is 5.32 Å². The summed E-state index contributed by atoms with van der Waals surface area (Å²) in [6.45, 7) is 1.78. The second kappa shape index (κ2) is 6.30. The molecule has 2 aromatic rings. The number of rotatable bonds is 5. The molecule has 0 bridgehead atoms. The monoisotopic (exact) mass is 292 g/mol. The van der Waals surface area contributed by atoms with Crippen LogP contribution in [0, 0.1) is 21.7 Å². The molecule has 2 rings (SSSR count). The third-order valence-electron chi connectivity index (χ3n) is 3.03. The Morgan fingerprint density at radius 2 is 1.86 bits per heavy atom. The largest absolute Gasteiger partial charge is 0.374 e. The summed E-state index contributed by atoms with van der Waals surface area (Å²) in [6, 6.07) is 9.40. The molecule has 4 nitrogen and oxygen atoms in total. The molecule has 0 radical (unpaired) electrons. The second-order valence-electron chi connectivity index (χ2n) is 4.77. The highest BCUT2D eigenvalue weighted by Crippen LogP contribution is 2.28. The molecule has 0 amide bonds. The predicted molar refractivity (Wildman–Crippen MR) is 76.2 cm³/mol. The van der Waals surface area contributed by atoms with E-state index in [1.54, 1.807) is 19.1 Å². The summed E-state index contributed by atoms with van der Waals surface area (Å²) in [5.41, 5.74) is 0.425. The van der Waals surface area contributed by atoms with Crippen LogP contribution in [0.15, 0.2) is 42.5 Å². The Morgan fingerprint density at radius 1 is 1.19 bits per heavy atom. The molecular formula is C15H14F2N2O2. The quantitative estimate of drug-likeness (QED) is 0.671. The Hall–Kier alpha value is -2.50. The van der Waals surface area contributed by atoms with E-state index >= 15 is 0 Å². The average Bonchev–Trinajstić information content (AvgIpc) is 2.43. The molecule has 21 heavy (non-hydrogen) atoms. The zero-order valence-electron chi connectivity index (χ0n) is 11.3. The van der Waals surface area contributed by atoms with Crippen molar-refractivity contribution >= 4 is 11.4 Å². The van der Waals surface area contributed by atoms with Crippen LogP contribution in [0.1, 0.15) is 12.5 Å². The zero-order chi connectivity index (χ0) is 15.4. The Balaban J connectivity index is 2.14. The Morgan fingerprint density at radius 3 is 2.48 bits per heavy atom. The number of halogens is 2. The van der Waals surface area contributed by atoms with Crippen molar-refractivity contribution in [3.05, 3.63) is 69.8 Å². The summed E-state index contributed by atoms with van der Waals surface area (Å²) < 4.78 is 26.6. The molecule has 110 valence electrons. The topological polar surface area (TPSA) is 55.2 Å². The van der Waals surface area contributed by atoms with Gasteiger partial charge in [0.1, 0.15) is 11.5 Å². The summed E-state index contributed by atoms with van der Waals surface area (Å²) in [5.74, 6) is -1.00. The van der Waals surface area contributed by atoms with Crippen LogP contribution >= 0.6 is 0 Å². The van der Waals surface area contributed by atoms with Gasteiger partial charge in [-0.25, -0.2) is 8.78 Å². The summed E-state index contributed by atoms with van der Waals surface area (Å²) in [7, 11) is 0. The summed E-state index contributed by atoms with van der Waals surface area (Å²) in [4.78, 5) is 10.3. The molecule has 6 heteroatoms. The molecular weight excluding hydrogens is 278 g/mol. The number of hydrogen-bond acceptors (Lipinski definition) is 3. The first-order valence-electron chi connectivity index (χ1n) is 6.41. The molecule has 0 heterocycles. The number of nitrogens with zero attached hydrogens (tertiary/aromatic N) is 1. The van der Waals surface area contributed by atoms with Crippen LogP contribution in [-0.4, -0.2) is 11.0 Å². The molecule has 0 fully saturated rings. The van der Waals surface area contributed by atoms with Crippen molar-refractivity contribution in [2.45, 2.75) is 19.4 Å². The highest BCUT2D eigenvalue weighted by Gasteiger charge is 2.19. The number of hydrogen-bond donors (Lipinski definition) is 1. The van der Waals surface area contributed by atoms with E-state index < -0.39 is 10.7 Å². The predicted octanol–water partition coefficient (Wildman–Crippen LogP) is 3.92. The number of anilines is 1. The lowest BCUT2D eigenvalue weighted by Gasteiger charge is -2.16. The van der Waals surface area contributed by atoms with Gasteiger partial charge in [0.2, 0.25) is 0 Å².